The molecule has 3 heterocycles. The molecule has 420 valence electrons. The predicted octanol–water partition coefficient (Wildman–Crippen LogP) is 2.11. The third-order valence-corrected chi connectivity index (χ3v) is 14.6. The fourth-order valence-electron chi connectivity index (χ4n) is 10.1. The molecule has 21 heteroatoms. The number of carbonyl (C=O) groups is 9. The van der Waals surface area contributed by atoms with Crippen LogP contribution in [-0.4, -0.2) is 184 Å². The van der Waals surface area contributed by atoms with E-state index >= 15 is 0 Å². The number of cyclic esters (lactones) is 2. The molecule has 0 radical (unpaired) electrons. The molecule has 3 aliphatic heterocycles. The highest BCUT2D eigenvalue weighted by Gasteiger charge is 2.45. The minimum Gasteiger partial charge on any atom is -0.497 e. The van der Waals surface area contributed by atoms with E-state index in [0.717, 1.165) is 0 Å². The van der Waals surface area contributed by atoms with Gasteiger partial charge in [-0.1, -0.05) is 73.9 Å². The summed E-state index contributed by atoms with van der Waals surface area (Å²) in [6.45, 7) is 17.3. The topological polar surface area (TPSA) is 271 Å². The molecule has 1 aromatic carbocycles. The van der Waals surface area contributed by atoms with Gasteiger partial charge in [0, 0.05) is 33.6 Å². The molecular weight excluding hydrogens is 971 g/mol. The van der Waals surface area contributed by atoms with E-state index in [9.17, 15) is 53.4 Å². The Labute approximate surface area is 442 Å². The Balaban J connectivity index is 1.87. The van der Waals surface area contributed by atoms with Crippen molar-refractivity contribution in [2.75, 3.05) is 34.3 Å². The van der Waals surface area contributed by atoms with Crippen LogP contribution < -0.4 is 20.7 Å². The molecule has 3 saturated heterocycles. The normalized spacial score (nSPS) is 27.2. The van der Waals surface area contributed by atoms with Crippen LogP contribution >= 0.6 is 0 Å². The van der Waals surface area contributed by atoms with Crippen molar-refractivity contribution < 1.29 is 67.6 Å². The molecule has 0 spiro atoms. The van der Waals surface area contributed by atoms with Gasteiger partial charge in [0.25, 0.3) is 11.8 Å². The number of hydrogen-bond donors (Lipinski definition) is 5. The largest absolute Gasteiger partial charge is 0.497 e. The first-order chi connectivity index (χ1) is 35.2. The summed E-state index contributed by atoms with van der Waals surface area (Å²) in [5.41, 5.74) is 0.597. The fourth-order valence-corrected chi connectivity index (χ4v) is 10.1. The molecule has 5 N–H and O–H groups in total. The molecule has 75 heavy (non-hydrogen) atoms. The van der Waals surface area contributed by atoms with Gasteiger partial charge < -0.3 is 60.0 Å². The number of hydrogen-bond acceptors (Lipinski definition) is 14. The summed E-state index contributed by atoms with van der Waals surface area (Å²) >= 11 is 0. The van der Waals surface area contributed by atoms with Crippen LogP contribution in [0.1, 0.15) is 126 Å². The number of ether oxygens (including phenoxy) is 3. The molecule has 0 aliphatic carbocycles. The van der Waals surface area contributed by atoms with Crippen molar-refractivity contribution in [2.45, 2.75) is 194 Å². The van der Waals surface area contributed by atoms with Gasteiger partial charge in [0.05, 0.1) is 25.7 Å². The predicted molar refractivity (Wildman–Crippen MR) is 276 cm³/mol. The lowest BCUT2D eigenvalue weighted by atomic mass is 9.92. The Hall–Kier alpha value is -5.83. The van der Waals surface area contributed by atoms with Crippen LogP contribution in [-0.2, 0) is 59.0 Å². The summed E-state index contributed by atoms with van der Waals surface area (Å²) in [7, 11) is 4.34. The van der Waals surface area contributed by atoms with E-state index in [4.69, 9.17) is 14.2 Å². The van der Waals surface area contributed by atoms with E-state index < -0.39 is 138 Å². The number of aliphatic hydroxyl groups excluding tert-OH is 2. The molecule has 1 unspecified atom stereocenters. The number of amides is 7. The zero-order chi connectivity index (χ0) is 56.2. The Bertz CT molecular complexity index is 2170. The van der Waals surface area contributed by atoms with Gasteiger partial charge in [0.2, 0.25) is 29.5 Å². The number of likely N-dealkylation sites (N-methyl/N-ethyl adjacent to an activating group) is 2. The quantitative estimate of drug-likeness (QED) is 0.158. The Morgan fingerprint density at radius 3 is 2.09 bits per heavy atom. The summed E-state index contributed by atoms with van der Waals surface area (Å²) in [5, 5.41) is 30.2. The Morgan fingerprint density at radius 1 is 0.880 bits per heavy atom. The third kappa shape index (κ3) is 16.1. The molecule has 12 atom stereocenters. The first-order valence-electron chi connectivity index (χ1n) is 26.7. The third-order valence-electron chi connectivity index (χ3n) is 14.6. The van der Waals surface area contributed by atoms with Gasteiger partial charge in [-0.05, 0) is 93.7 Å². The molecule has 0 aromatic heterocycles. The lowest BCUT2D eigenvalue weighted by Gasteiger charge is -2.36. The van der Waals surface area contributed by atoms with E-state index in [2.05, 4.69) is 16.0 Å². The Morgan fingerprint density at radius 2 is 1.52 bits per heavy atom. The number of likely N-dealkylation sites (tertiary alicyclic amines) is 1. The van der Waals surface area contributed by atoms with Crippen molar-refractivity contribution in [3.8, 4) is 5.75 Å². The summed E-state index contributed by atoms with van der Waals surface area (Å²) in [6.07, 6.45) is -4.56. The second-order valence-corrected chi connectivity index (χ2v) is 21.8. The molecule has 0 bridgehead atoms. The van der Waals surface area contributed by atoms with Gasteiger partial charge in [-0.2, -0.15) is 0 Å². The highest BCUT2D eigenvalue weighted by atomic mass is 16.6. The van der Waals surface area contributed by atoms with E-state index in [0.29, 0.717) is 30.6 Å². The van der Waals surface area contributed by atoms with E-state index in [1.165, 1.54) is 54.7 Å². The molecule has 3 fully saturated rings. The zero-order valence-corrected chi connectivity index (χ0v) is 46.3. The standard InChI is InChI=1S/C54H85N7O14/c1-14-32(8)44-42(63)28-43(64)75-46(31(6)7)49(67)55-37(25-29(2)3)51(69)61-24-16-18-39(61)53(71)59(12)41(27-35-19-21-36(73-13)22-20-35)54(72)74-34(10)45(48(66)56-44)57-47(65)40(26-30(4)5)58(11)52(70)38-17-15-23-60(38)50(68)33(9)62/h19-22,29-34,37-42,44-46,62-63H,14-18,23-28H2,1-13H3,(H,55,67)(H,56,66)(H,57,65)/t32?,33-,34+,37-,38-,39-,40+,41-,42-,44+,45-,46-/m0/s1. The molecule has 21 nitrogen and oxygen atoms in total. The van der Waals surface area contributed by atoms with Gasteiger partial charge in [-0.3, -0.25) is 38.4 Å². The van der Waals surface area contributed by atoms with Crippen LogP contribution in [0.2, 0.25) is 0 Å². The van der Waals surface area contributed by atoms with Crippen LogP contribution in [0.15, 0.2) is 24.3 Å². The Kier molecular flexibility index (Phi) is 22.9. The minimum atomic E-state index is -1.73. The number of methoxy groups -OCH3 is 1. The van der Waals surface area contributed by atoms with Crippen LogP contribution in [0.5, 0.6) is 5.75 Å². The van der Waals surface area contributed by atoms with Crippen molar-refractivity contribution in [3.05, 3.63) is 29.8 Å². The van der Waals surface area contributed by atoms with Gasteiger partial charge in [0.15, 0.2) is 6.10 Å². The lowest BCUT2D eigenvalue weighted by molar-refractivity contribution is -0.162. The number of aliphatic hydroxyl groups is 2. The summed E-state index contributed by atoms with van der Waals surface area (Å²) in [4.78, 5) is 134. The minimum absolute atomic E-state index is 0.0924. The molecule has 0 saturated carbocycles. The van der Waals surface area contributed by atoms with Crippen LogP contribution in [0.4, 0.5) is 0 Å². The molecular formula is C54H85N7O14. The smallest absolute Gasteiger partial charge is 0.329 e. The van der Waals surface area contributed by atoms with E-state index in [-0.39, 0.29) is 57.0 Å². The fraction of sp³-hybridized carbons (Fsp3) is 0.722. The van der Waals surface area contributed by atoms with Crippen molar-refractivity contribution in [3.63, 3.8) is 0 Å². The van der Waals surface area contributed by atoms with Crippen molar-refractivity contribution in [2.24, 2.45) is 23.7 Å². The number of fused-ring (bicyclic) bond motifs is 1. The van der Waals surface area contributed by atoms with Gasteiger partial charge >= 0.3 is 11.9 Å². The summed E-state index contributed by atoms with van der Waals surface area (Å²) in [6, 6.07) is -1.85. The molecule has 7 amide bonds. The summed E-state index contributed by atoms with van der Waals surface area (Å²) in [5.74, 6) is -7.61. The maximum atomic E-state index is 14.9. The van der Waals surface area contributed by atoms with Gasteiger partial charge in [0.1, 0.15) is 54.2 Å². The number of rotatable bonds is 15. The van der Waals surface area contributed by atoms with Gasteiger partial charge in [-0.15, -0.1) is 0 Å². The number of esters is 2. The van der Waals surface area contributed by atoms with Gasteiger partial charge in [-0.25, -0.2) is 4.79 Å². The first-order valence-corrected chi connectivity index (χ1v) is 26.7. The second-order valence-electron chi connectivity index (χ2n) is 21.8. The average molecular weight is 1060 g/mol. The SMILES string of the molecule is CCC(C)[C@H]1NC(=O)[C@@H](NC(=O)[C@@H](CC(C)C)N(C)C(=O)[C@@H]2CCCN2C(=O)[C@H](C)O)[C@@H](C)OC(=O)[C@H](Cc2ccc(OC)cc2)N(C)C(=O)[C@@H]2CCCN2C(=O)[C@H](CC(C)C)NC(=O)[C@H](C(C)C)OC(=O)C[C@@H]1O. The molecule has 4 rings (SSSR count). The van der Waals surface area contributed by atoms with Crippen molar-refractivity contribution in [1.29, 1.82) is 0 Å². The maximum Gasteiger partial charge on any atom is 0.329 e. The number of nitrogens with one attached hydrogen (secondary N) is 3. The second kappa shape index (κ2) is 27.8. The van der Waals surface area contributed by atoms with Crippen molar-refractivity contribution in [1.82, 2.24) is 35.6 Å². The van der Waals surface area contributed by atoms with Crippen LogP contribution in [0, 0.1) is 23.7 Å². The number of carbonyl (C=O) groups excluding carboxylic acids is 9. The first kappa shape index (κ1) is 61.7. The molecule has 3 aliphatic rings. The zero-order valence-electron chi connectivity index (χ0n) is 46.3. The van der Waals surface area contributed by atoms with E-state index in [1.807, 2.05) is 27.7 Å². The van der Waals surface area contributed by atoms with Crippen LogP contribution in [0.25, 0.3) is 0 Å². The van der Waals surface area contributed by atoms with E-state index in [1.54, 1.807) is 52.0 Å². The highest BCUT2D eigenvalue weighted by Crippen LogP contribution is 2.27. The number of benzene rings is 1. The average Bonchev–Trinajstić information content (AvgIpc) is 4.06. The number of nitrogens with zero attached hydrogens (tertiary/aromatic N) is 4. The summed E-state index contributed by atoms with van der Waals surface area (Å²) < 4.78 is 17.2. The molecule has 1 aromatic rings. The highest BCUT2D eigenvalue weighted by molar-refractivity contribution is 5.97. The maximum absolute atomic E-state index is 14.9. The van der Waals surface area contributed by atoms with Crippen LogP contribution in [0.3, 0.4) is 0 Å². The monoisotopic (exact) mass is 1060 g/mol. The van der Waals surface area contributed by atoms with Crippen molar-refractivity contribution >= 4 is 53.3 Å². The lowest BCUT2D eigenvalue weighted by Crippen LogP contribution is -2.62.